The highest BCUT2D eigenvalue weighted by Crippen LogP contribution is 2.30. The first-order valence-electron chi connectivity index (χ1n) is 7.99. The summed E-state index contributed by atoms with van der Waals surface area (Å²) in [7, 11) is 1.72. The van der Waals surface area contributed by atoms with Crippen LogP contribution in [0.1, 0.15) is 23.2 Å². The Bertz CT molecular complexity index is 789. The average Bonchev–Trinajstić information content (AvgIpc) is 3.25. The minimum absolute atomic E-state index is 0.250. The van der Waals surface area contributed by atoms with Crippen LogP contribution in [0.2, 0.25) is 0 Å². The number of methoxy groups -OCH3 is 1. The fraction of sp³-hybridized carbons (Fsp3) is 0.389. The molecule has 6 heteroatoms. The third-order valence-electron chi connectivity index (χ3n) is 4.03. The van der Waals surface area contributed by atoms with E-state index in [2.05, 4.69) is 59.6 Å². The number of thiazole rings is 1. The van der Waals surface area contributed by atoms with Gasteiger partial charge >= 0.3 is 0 Å². The molecule has 1 N–H and O–H groups in total. The van der Waals surface area contributed by atoms with Crippen LogP contribution in [0.15, 0.2) is 29.0 Å². The summed E-state index contributed by atoms with van der Waals surface area (Å²) in [5.41, 5.74) is 4.79. The molecule has 1 atom stereocenters. The van der Waals surface area contributed by atoms with Gasteiger partial charge in [-0.05, 0) is 38.3 Å². The Kier molecular flexibility index (Phi) is 5.38. The molecule has 3 aromatic rings. The third-order valence-corrected chi connectivity index (χ3v) is 5.67. The van der Waals surface area contributed by atoms with E-state index in [0.717, 1.165) is 17.4 Å². The van der Waals surface area contributed by atoms with Crippen molar-refractivity contribution in [3.8, 4) is 11.3 Å². The van der Waals surface area contributed by atoms with E-state index in [-0.39, 0.29) is 6.04 Å². The number of thiophene rings is 1. The largest absolute Gasteiger partial charge is 0.383 e. The van der Waals surface area contributed by atoms with E-state index in [1.807, 2.05) is 0 Å². The maximum Gasteiger partial charge on any atom is 0.183 e. The predicted molar refractivity (Wildman–Crippen MR) is 103 cm³/mol. The highest BCUT2D eigenvalue weighted by molar-refractivity contribution is 7.14. The maximum atomic E-state index is 5.17. The van der Waals surface area contributed by atoms with Gasteiger partial charge in [0.25, 0.3) is 0 Å². The molecule has 0 spiro atoms. The number of hydrogen-bond acceptors (Lipinski definition) is 5. The minimum Gasteiger partial charge on any atom is -0.383 e. The topological polar surface area (TPSA) is 39.1 Å². The molecule has 0 aliphatic heterocycles. The Morgan fingerprint density at radius 3 is 2.88 bits per heavy atom. The quantitative estimate of drug-likeness (QED) is 0.658. The number of nitrogens with zero attached hydrogens (tertiary/aromatic N) is 2. The number of hydrogen-bond donors (Lipinski definition) is 1. The van der Waals surface area contributed by atoms with Crippen LogP contribution in [-0.2, 0) is 11.3 Å². The van der Waals surface area contributed by atoms with Crippen molar-refractivity contribution >= 4 is 27.8 Å². The van der Waals surface area contributed by atoms with E-state index in [1.54, 1.807) is 29.8 Å². The van der Waals surface area contributed by atoms with Crippen molar-refractivity contribution in [3.05, 3.63) is 45.2 Å². The lowest BCUT2D eigenvalue weighted by Crippen LogP contribution is -2.20. The molecule has 0 saturated heterocycles. The van der Waals surface area contributed by atoms with Gasteiger partial charge in [-0.3, -0.25) is 0 Å². The second-order valence-corrected chi connectivity index (χ2v) is 7.88. The van der Waals surface area contributed by atoms with Crippen molar-refractivity contribution in [1.82, 2.24) is 9.55 Å². The van der Waals surface area contributed by atoms with E-state index in [0.29, 0.717) is 6.61 Å². The summed E-state index contributed by atoms with van der Waals surface area (Å²) in [5.74, 6) is 0. The first-order valence-corrected chi connectivity index (χ1v) is 9.75. The lowest BCUT2D eigenvalue weighted by atomic mass is 10.2. The highest BCUT2D eigenvalue weighted by Gasteiger charge is 2.15. The van der Waals surface area contributed by atoms with Crippen molar-refractivity contribution in [1.29, 1.82) is 0 Å². The Morgan fingerprint density at radius 1 is 1.33 bits per heavy atom. The van der Waals surface area contributed by atoms with Crippen molar-refractivity contribution < 1.29 is 4.74 Å². The lowest BCUT2D eigenvalue weighted by Gasteiger charge is -2.10. The van der Waals surface area contributed by atoms with Crippen molar-refractivity contribution in [2.75, 3.05) is 19.0 Å². The molecule has 0 radical (unpaired) electrons. The number of ether oxygens (including phenoxy) is 1. The summed E-state index contributed by atoms with van der Waals surface area (Å²) in [4.78, 5) is 6.13. The van der Waals surface area contributed by atoms with Crippen LogP contribution in [0.5, 0.6) is 0 Å². The number of rotatable bonds is 7. The van der Waals surface area contributed by atoms with E-state index in [1.165, 1.54) is 21.8 Å². The normalized spacial score (nSPS) is 12.5. The molecule has 0 aromatic carbocycles. The summed E-state index contributed by atoms with van der Waals surface area (Å²) in [6.07, 6.45) is 0. The molecule has 3 aromatic heterocycles. The zero-order valence-electron chi connectivity index (χ0n) is 14.5. The highest BCUT2D eigenvalue weighted by atomic mass is 32.1. The average molecular weight is 362 g/mol. The maximum absolute atomic E-state index is 5.17. The lowest BCUT2D eigenvalue weighted by molar-refractivity contribution is 0.190. The molecular weight excluding hydrogens is 338 g/mol. The second kappa shape index (κ2) is 7.51. The molecular formula is C18H23N3OS2. The number of anilines is 1. The molecule has 0 bridgehead atoms. The summed E-state index contributed by atoms with van der Waals surface area (Å²) in [5, 5.41) is 8.58. The van der Waals surface area contributed by atoms with E-state index >= 15 is 0 Å². The van der Waals surface area contributed by atoms with Gasteiger partial charge in [-0.1, -0.05) is 6.07 Å². The molecule has 128 valence electrons. The van der Waals surface area contributed by atoms with Crippen LogP contribution in [0, 0.1) is 13.8 Å². The Labute approximate surface area is 151 Å². The van der Waals surface area contributed by atoms with Crippen LogP contribution in [0.4, 0.5) is 5.13 Å². The summed E-state index contributed by atoms with van der Waals surface area (Å²) in [6, 6.07) is 6.78. The van der Waals surface area contributed by atoms with E-state index in [4.69, 9.17) is 9.72 Å². The van der Waals surface area contributed by atoms with Gasteiger partial charge < -0.3 is 14.6 Å². The van der Waals surface area contributed by atoms with Crippen LogP contribution in [0.3, 0.4) is 0 Å². The molecule has 3 rings (SSSR count). The zero-order chi connectivity index (χ0) is 17.1. The molecule has 24 heavy (non-hydrogen) atoms. The van der Waals surface area contributed by atoms with E-state index < -0.39 is 0 Å². The summed E-state index contributed by atoms with van der Waals surface area (Å²) in [6.45, 7) is 8.03. The van der Waals surface area contributed by atoms with Crippen LogP contribution in [-0.4, -0.2) is 29.3 Å². The van der Waals surface area contributed by atoms with Crippen LogP contribution >= 0.6 is 22.7 Å². The molecule has 0 aliphatic rings. The Balaban J connectivity index is 1.81. The van der Waals surface area contributed by atoms with E-state index in [9.17, 15) is 0 Å². The summed E-state index contributed by atoms with van der Waals surface area (Å²) >= 11 is 3.44. The number of nitrogens with one attached hydrogen (secondary N) is 1. The van der Waals surface area contributed by atoms with Gasteiger partial charge in [-0.25, -0.2) is 4.98 Å². The number of aryl methyl sites for hydroxylation is 1. The molecule has 0 amide bonds. The minimum atomic E-state index is 0.250. The standard InChI is InChI=1S/C18H23N3OS2/c1-12(10-22-4)19-18-20-17(11-24-18)16-8-13(2)21(14(16)3)9-15-6-5-7-23-15/h5-8,11-12H,9-10H2,1-4H3,(H,19,20)/t12-/m0/s1. The van der Waals surface area contributed by atoms with Crippen LogP contribution in [0.25, 0.3) is 11.3 Å². The van der Waals surface area contributed by atoms with Crippen LogP contribution < -0.4 is 5.32 Å². The SMILES string of the molecule is COC[C@H](C)Nc1nc(-c2cc(C)n(Cc3cccs3)c2C)cs1. The molecule has 0 fully saturated rings. The Hall–Kier alpha value is -1.63. The number of aromatic nitrogens is 2. The monoisotopic (exact) mass is 361 g/mol. The fourth-order valence-electron chi connectivity index (χ4n) is 2.83. The molecule has 0 aliphatic carbocycles. The third kappa shape index (κ3) is 3.71. The molecule has 4 nitrogen and oxygen atoms in total. The smallest absolute Gasteiger partial charge is 0.183 e. The van der Waals surface area contributed by atoms with Crippen molar-refractivity contribution in [2.24, 2.45) is 0 Å². The summed E-state index contributed by atoms with van der Waals surface area (Å²) < 4.78 is 7.53. The van der Waals surface area contributed by atoms with Gasteiger partial charge in [0, 0.05) is 40.4 Å². The first-order chi connectivity index (χ1) is 11.6. The fourth-order valence-corrected chi connectivity index (χ4v) is 4.34. The van der Waals surface area contributed by atoms with Gasteiger partial charge in [0.2, 0.25) is 0 Å². The molecule has 0 unspecified atom stereocenters. The van der Waals surface area contributed by atoms with Gasteiger partial charge in [0.15, 0.2) is 5.13 Å². The molecule has 3 heterocycles. The van der Waals surface area contributed by atoms with Gasteiger partial charge in [0.1, 0.15) is 0 Å². The van der Waals surface area contributed by atoms with Crippen molar-refractivity contribution in [2.45, 2.75) is 33.4 Å². The molecule has 0 saturated carbocycles. The predicted octanol–water partition coefficient (Wildman–Crippen LogP) is 4.79. The van der Waals surface area contributed by atoms with Crippen molar-refractivity contribution in [3.63, 3.8) is 0 Å². The first kappa shape index (κ1) is 17.2. The van der Waals surface area contributed by atoms with Gasteiger partial charge in [-0.2, -0.15) is 0 Å². The zero-order valence-corrected chi connectivity index (χ0v) is 16.1. The Morgan fingerprint density at radius 2 is 2.17 bits per heavy atom. The van der Waals surface area contributed by atoms with Gasteiger partial charge in [-0.15, -0.1) is 22.7 Å². The second-order valence-electron chi connectivity index (χ2n) is 5.99. The van der Waals surface area contributed by atoms with Gasteiger partial charge in [0.05, 0.1) is 18.8 Å².